The van der Waals surface area contributed by atoms with Crippen molar-refractivity contribution in [2.24, 2.45) is 0 Å². The topological polar surface area (TPSA) is 65.2 Å². The number of rotatable bonds is 4. The maximum Gasteiger partial charge on any atom is 0.157 e. The second-order valence-electron chi connectivity index (χ2n) is 6.23. The maximum absolute atomic E-state index is 6.04. The molecule has 2 fully saturated rings. The van der Waals surface area contributed by atoms with E-state index in [2.05, 4.69) is 15.0 Å². The molecule has 23 heavy (non-hydrogen) atoms. The number of nitrogens with zero attached hydrogens (tertiary/aromatic N) is 5. The lowest BCUT2D eigenvalue weighted by molar-refractivity contribution is 0.297. The van der Waals surface area contributed by atoms with Crippen LogP contribution in [0.15, 0.2) is 24.7 Å². The Bertz CT molecular complexity index is 901. The minimum absolute atomic E-state index is 0.353. The van der Waals surface area contributed by atoms with Gasteiger partial charge in [-0.3, -0.25) is 9.97 Å². The second-order valence-corrected chi connectivity index (χ2v) is 6.23. The summed E-state index contributed by atoms with van der Waals surface area (Å²) in [6.07, 6.45) is 9.91. The fourth-order valence-corrected chi connectivity index (χ4v) is 2.69. The van der Waals surface area contributed by atoms with Gasteiger partial charge in [0, 0.05) is 23.8 Å². The molecule has 112 valence electrons. The van der Waals surface area contributed by atoms with Crippen LogP contribution in [-0.2, 0) is 0 Å². The van der Waals surface area contributed by atoms with Gasteiger partial charge in [0.2, 0.25) is 0 Å². The van der Waals surface area contributed by atoms with Crippen LogP contribution in [0.4, 0.5) is 0 Å². The molecule has 0 unspecified atom stereocenters. The van der Waals surface area contributed by atoms with Crippen LogP contribution in [0.5, 0.6) is 5.75 Å². The Balaban J connectivity index is 1.66. The van der Waals surface area contributed by atoms with Crippen LogP contribution in [0.3, 0.4) is 0 Å². The highest BCUT2D eigenvalue weighted by atomic mass is 16.5. The molecule has 0 amide bonds. The zero-order valence-electron chi connectivity index (χ0n) is 12.5. The standard InChI is InChI=1S/C16H14BN5O/c17-14-8-18-6-11(20-14)12-7-19-15-5-13(23-10-3-4-10)16(9-1-2-9)21-22(12)15/h5-10H,1-4H2. The normalized spacial score (nSPS) is 17.6. The monoisotopic (exact) mass is 303 g/mol. The fraction of sp³-hybridized carbons (Fsp3) is 0.375. The summed E-state index contributed by atoms with van der Waals surface area (Å²) in [4.78, 5) is 12.9. The van der Waals surface area contributed by atoms with E-state index in [9.17, 15) is 0 Å². The molecule has 3 aromatic heterocycles. The molecule has 2 aliphatic carbocycles. The van der Waals surface area contributed by atoms with E-state index < -0.39 is 0 Å². The minimum Gasteiger partial charge on any atom is -0.488 e. The third-order valence-corrected chi connectivity index (χ3v) is 4.18. The zero-order chi connectivity index (χ0) is 15.4. The molecule has 6 nitrogen and oxygen atoms in total. The third-order valence-electron chi connectivity index (χ3n) is 4.18. The first-order chi connectivity index (χ1) is 11.3. The summed E-state index contributed by atoms with van der Waals surface area (Å²) in [5, 5.41) is 4.80. The van der Waals surface area contributed by atoms with Crippen LogP contribution < -0.4 is 10.3 Å². The number of hydrogen-bond donors (Lipinski definition) is 0. The lowest BCUT2D eigenvalue weighted by Crippen LogP contribution is -2.11. The average Bonchev–Trinajstić information content (AvgIpc) is 3.46. The van der Waals surface area contributed by atoms with Crippen molar-refractivity contribution < 1.29 is 4.74 Å². The fourth-order valence-electron chi connectivity index (χ4n) is 2.69. The molecule has 0 N–H and O–H groups in total. The number of ether oxygens (including phenoxy) is 1. The highest BCUT2D eigenvalue weighted by molar-refractivity contribution is 6.30. The molecule has 2 saturated carbocycles. The number of imidazole rings is 1. The number of fused-ring (bicyclic) bond motifs is 1. The Kier molecular flexibility index (Phi) is 2.71. The number of hydrogen-bond acceptors (Lipinski definition) is 5. The molecule has 0 aromatic carbocycles. The lowest BCUT2D eigenvalue weighted by atomic mass is 10.1. The van der Waals surface area contributed by atoms with Gasteiger partial charge in [-0.1, -0.05) is 0 Å². The molecule has 3 aromatic rings. The molecule has 0 spiro atoms. The number of aromatic nitrogens is 5. The van der Waals surface area contributed by atoms with Crippen molar-refractivity contribution in [2.75, 3.05) is 0 Å². The van der Waals surface area contributed by atoms with Crippen LogP contribution >= 0.6 is 0 Å². The Morgan fingerprint density at radius 3 is 2.74 bits per heavy atom. The van der Waals surface area contributed by atoms with Gasteiger partial charge in [-0.2, -0.15) is 5.10 Å². The van der Waals surface area contributed by atoms with Gasteiger partial charge in [0.25, 0.3) is 0 Å². The van der Waals surface area contributed by atoms with Crippen LogP contribution in [-0.4, -0.2) is 38.5 Å². The SMILES string of the molecule is [B]c1cncc(-c2cnc3cc(OC4CC4)c(C4CC4)nn23)n1. The summed E-state index contributed by atoms with van der Waals surface area (Å²) in [6.45, 7) is 0. The van der Waals surface area contributed by atoms with Gasteiger partial charge in [-0.15, -0.1) is 0 Å². The van der Waals surface area contributed by atoms with Gasteiger partial charge < -0.3 is 4.74 Å². The van der Waals surface area contributed by atoms with Gasteiger partial charge in [-0.25, -0.2) is 9.50 Å². The molecular weight excluding hydrogens is 289 g/mol. The molecular formula is C16H14BN5O. The van der Waals surface area contributed by atoms with Crippen LogP contribution in [0.2, 0.25) is 0 Å². The molecule has 0 aliphatic heterocycles. The van der Waals surface area contributed by atoms with E-state index in [4.69, 9.17) is 17.7 Å². The first-order valence-electron chi connectivity index (χ1n) is 7.91. The molecule has 5 rings (SSSR count). The summed E-state index contributed by atoms with van der Waals surface area (Å²) in [5.41, 5.74) is 3.63. The Labute approximate surface area is 134 Å². The van der Waals surface area contributed by atoms with Crippen LogP contribution in [0, 0.1) is 0 Å². The minimum atomic E-state index is 0.353. The highest BCUT2D eigenvalue weighted by Crippen LogP contribution is 2.44. The summed E-state index contributed by atoms with van der Waals surface area (Å²) in [7, 11) is 5.74. The maximum atomic E-state index is 6.04. The van der Waals surface area contributed by atoms with E-state index >= 15 is 0 Å². The Hall–Kier alpha value is -2.44. The predicted octanol–water partition coefficient (Wildman–Crippen LogP) is 1.40. The van der Waals surface area contributed by atoms with Crippen LogP contribution in [0.25, 0.3) is 17.0 Å². The predicted molar refractivity (Wildman–Crippen MR) is 85.0 cm³/mol. The summed E-state index contributed by atoms with van der Waals surface area (Å²) >= 11 is 0. The van der Waals surface area contributed by atoms with Crippen molar-refractivity contribution >= 4 is 19.1 Å². The van der Waals surface area contributed by atoms with Crippen molar-refractivity contribution in [1.82, 2.24) is 24.6 Å². The molecule has 0 bridgehead atoms. The largest absolute Gasteiger partial charge is 0.488 e. The van der Waals surface area contributed by atoms with Gasteiger partial charge in [-0.05, 0) is 25.7 Å². The van der Waals surface area contributed by atoms with Crippen molar-refractivity contribution in [3.63, 3.8) is 0 Å². The highest BCUT2D eigenvalue weighted by Gasteiger charge is 2.32. The van der Waals surface area contributed by atoms with Crippen LogP contribution in [0.1, 0.15) is 37.3 Å². The van der Waals surface area contributed by atoms with E-state index in [-0.39, 0.29) is 0 Å². The molecule has 0 atom stereocenters. The molecule has 3 heterocycles. The van der Waals surface area contributed by atoms with E-state index in [0.29, 0.717) is 23.3 Å². The smallest absolute Gasteiger partial charge is 0.157 e. The zero-order valence-corrected chi connectivity index (χ0v) is 12.5. The average molecular weight is 303 g/mol. The third kappa shape index (κ3) is 2.36. The lowest BCUT2D eigenvalue weighted by Gasteiger charge is -2.11. The Morgan fingerprint density at radius 2 is 2.00 bits per heavy atom. The van der Waals surface area contributed by atoms with Crippen molar-refractivity contribution in [3.05, 3.63) is 30.4 Å². The van der Waals surface area contributed by atoms with E-state index in [1.807, 2.05) is 10.6 Å². The first kappa shape index (κ1) is 13.0. The van der Waals surface area contributed by atoms with Crippen molar-refractivity contribution in [1.29, 1.82) is 0 Å². The van der Waals surface area contributed by atoms with E-state index in [0.717, 1.165) is 35.6 Å². The second kappa shape index (κ2) is 4.78. The summed E-state index contributed by atoms with van der Waals surface area (Å²) < 4.78 is 7.85. The van der Waals surface area contributed by atoms with Gasteiger partial charge in [0.15, 0.2) is 5.65 Å². The van der Waals surface area contributed by atoms with E-state index in [1.165, 1.54) is 19.0 Å². The first-order valence-corrected chi connectivity index (χ1v) is 7.91. The van der Waals surface area contributed by atoms with Gasteiger partial charge in [0.05, 0.1) is 18.5 Å². The quantitative estimate of drug-likeness (QED) is 0.682. The summed E-state index contributed by atoms with van der Waals surface area (Å²) in [5.74, 6) is 1.38. The Morgan fingerprint density at radius 1 is 1.13 bits per heavy atom. The molecule has 2 radical (unpaired) electrons. The molecule has 7 heteroatoms. The molecule has 2 aliphatic rings. The summed E-state index contributed by atoms with van der Waals surface area (Å²) in [6, 6.07) is 1.99. The van der Waals surface area contributed by atoms with Crippen molar-refractivity contribution in [2.45, 2.75) is 37.7 Å². The van der Waals surface area contributed by atoms with Crippen molar-refractivity contribution in [3.8, 4) is 17.1 Å². The molecule has 0 saturated heterocycles. The van der Waals surface area contributed by atoms with Gasteiger partial charge >= 0.3 is 0 Å². The van der Waals surface area contributed by atoms with Gasteiger partial charge in [0.1, 0.15) is 30.7 Å². The van der Waals surface area contributed by atoms with E-state index in [1.54, 1.807) is 12.4 Å².